The monoisotopic (exact) mass is 471 g/mol. The van der Waals surface area contributed by atoms with E-state index in [1.807, 2.05) is 0 Å². The molecule has 10 nitrogen and oxygen atoms in total. The van der Waals surface area contributed by atoms with Crippen LogP contribution in [0.15, 0.2) is 24.3 Å². The summed E-state index contributed by atoms with van der Waals surface area (Å²) in [5, 5.41) is 10.1. The highest BCUT2D eigenvalue weighted by atomic mass is 16.5. The van der Waals surface area contributed by atoms with Crippen molar-refractivity contribution in [1.82, 2.24) is 25.3 Å². The quantitative estimate of drug-likeness (QED) is 0.577. The van der Waals surface area contributed by atoms with Crippen molar-refractivity contribution in [2.24, 2.45) is 5.92 Å². The Morgan fingerprint density at radius 2 is 1.91 bits per heavy atom. The molecule has 1 atom stereocenters. The second kappa shape index (κ2) is 10.1. The first-order valence-corrected chi connectivity index (χ1v) is 11.2. The average molecular weight is 472 g/mol. The number of methoxy groups -OCH3 is 2. The normalized spacial score (nSPS) is 17.4. The Kier molecular flexibility index (Phi) is 7.48. The maximum Gasteiger partial charge on any atom is 0.272 e. The van der Waals surface area contributed by atoms with Gasteiger partial charge in [-0.15, -0.1) is 0 Å². The molecule has 1 aliphatic rings. The summed E-state index contributed by atoms with van der Waals surface area (Å²) >= 11 is 0. The molecule has 0 bridgehead atoms. The number of hydrogen-bond donors (Lipinski definition) is 2. The number of carbonyl (C=O) groups excluding carboxylic acids is 3. The SMILES string of the molecule is COc1ccc(CNC(=O)c2cc3n(n2)C[C@](C)(C(=O)NCCC(C)C)N(C)C3=O)c(OC)c1. The third kappa shape index (κ3) is 5.00. The van der Waals surface area contributed by atoms with E-state index in [1.165, 1.54) is 15.6 Å². The highest BCUT2D eigenvalue weighted by Gasteiger charge is 2.46. The minimum Gasteiger partial charge on any atom is -0.497 e. The van der Waals surface area contributed by atoms with Gasteiger partial charge in [0.2, 0.25) is 5.91 Å². The predicted molar refractivity (Wildman–Crippen MR) is 126 cm³/mol. The molecule has 0 unspecified atom stereocenters. The predicted octanol–water partition coefficient (Wildman–Crippen LogP) is 1.84. The van der Waals surface area contributed by atoms with E-state index in [2.05, 4.69) is 29.6 Å². The number of amides is 3. The van der Waals surface area contributed by atoms with Gasteiger partial charge in [-0.25, -0.2) is 0 Å². The smallest absolute Gasteiger partial charge is 0.272 e. The lowest BCUT2D eigenvalue weighted by Gasteiger charge is -2.40. The van der Waals surface area contributed by atoms with Gasteiger partial charge in [0.05, 0.1) is 20.8 Å². The zero-order chi connectivity index (χ0) is 25.0. The number of nitrogens with zero attached hydrogens (tertiary/aromatic N) is 3. The van der Waals surface area contributed by atoms with Crippen molar-refractivity contribution in [2.45, 2.75) is 45.8 Å². The number of carbonyl (C=O) groups is 3. The van der Waals surface area contributed by atoms with Gasteiger partial charge in [0.1, 0.15) is 22.7 Å². The summed E-state index contributed by atoms with van der Waals surface area (Å²) in [5.74, 6) is 0.639. The molecule has 1 aromatic heterocycles. The Balaban J connectivity index is 1.73. The van der Waals surface area contributed by atoms with Crippen molar-refractivity contribution < 1.29 is 23.9 Å². The Morgan fingerprint density at radius 1 is 1.18 bits per heavy atom. The molecule has 1 aromatic carbocycles. The molecule has 34 heavy (non-hydrogen) atoms. The molecular formula is C24H33N5O5. The molecule has 2 N–H and O–H groups in total. The lowest BCUT2D eigenvalue weighted by molar-refractivity contribution is -0.132. The molecule has 1 aliphatic heterocycles. The van der Waals surface area contributed by atoms with E-state index in [4.69, 9.17) is 9.47 Å². The van der Waals surface area contributed by atoms with E-state index in [-0.39, 0.29) is 36.3 Å². The van der Waals surface area contributed by atoms with Crippen LogP contribution >= 0.6 is 0 Å². The number of likely N-dealkylation sites (N-methyl/N-ethyl adjacent to an activating group) is 1. The molecule has 0 spiro atoms. The average Bonchev–Trinajstić information content (AvgIpc) is 3.24. The van der Waals surface area contributed by atoms with Gasteiger partial charge in [0.15, 0.2) is 5.69 Å². The van der Waals surface area contributed by atoms with Crippen molar-refractivity contribution in [2.75, 3.05) is 27.8 Å². The number of fused-ring (bicyclic) bond motifs is 1. The first kappa shape index (κ1) is 25.1. The lowest BCUT2D eigenvalue weighted by Crippen LogP contribution is -2.62. The minimum absolute atomic E-state index is 0.105. The van der Waals surface area contributed by atoms with Crippen LogP contribution in [0.5, 0.6) is 11.5 Å². The van der Waals surface area contributed by atoms with E-state index in [1.54, 1.807) is 46.4 Å². The maximum atomic E-state index is 13.0. The topological polar surface area (TPSA) is 115 Å². The van der Waals surface area contributed by atoms with Crippen LogP contribution in [-0.4, -0.2) is 65.8 Å². The summed E-state index contributed by atoms with van der Waals surface area (Å²) in [7, 11) is 4.70. The van der Waals surface area contributed by atoms with Crippen LogP contribution < -0.4 is 20.1 Å². The lowest BCUT2D eigenvalue weighted by atomic mass is 9.95. The van der Waals surface area contributed by atoms with Crippen molar-refractivity contribution in [3.63, 3.8) is 0 Å². The molecule has 0 aliphatic carbocycles. The second-order valence-corrected chi connectivity index (χ2v) is 9.01. The molecular weight excluding hydrogens is 438 g/mol. The van der Waals surface area contributed by atoms with E-state index in [9.17, 15) is 14.4 Å². The van der Waals surface area contributed by atoms with Crippen molar-refractivity contribution in [3.05, 3.63) is 41.2 Å². The third-order valence-corrected chi connectivity index (χ3v) is 6.16. The number of aromatic nitrogens is 2. The fourth-order valence-corrected chi connectivity index (χ4v) is 3.77. The standard InChI is InChI=1S/C24H33N5O5/c1-15(2)9-10-25-23(32)24(3)14-29-19(22(31)28(24)4)12-18(27-29)21(30)26-13-16-7-8-17(33-5)11-20(16)34-6/h7-8,11-12,15H,9-10,13-14H2,1-6H3,(H,25,32)(H,26,30)/t24-/m1/s1. The van der Waals surface area contributed by atoms with Gasteiger partial charge < -0.3 is 25.0 Å². The van der Waals surface area contributed by atoms with Gasteiger partial charge in [0.25, 0.3) is 11.8 Å². The number of hydrogen-bond acceptors (Lipinski definition) is 6. The van der Waals surface area contributed by atoms with Gasteiger partial charge in [-0.3, -0.25) is 19.1 Å². The first-order valence-electron chi connectivity index (χ1n) is 11.2. The Labute approximate surface area is 199 Å². The Morgan fingerprint density at radius 3 is 2.56 bits per heavy atom. The van der Waals surface area contributed by atoms with Gasteiger partial charge >= 0.3 is 0 Å². The molecule has 0 saturated carbocycles. The highest BCUT2D eigenvalue weighted by molar-refractivity contribution is 6.01. The molecule has 3 amide bonds. The molecule has 0 radical (unpaired) electrons. The highest BCUT2D eigenvalue weighted by Crippen LogP contribution is 2.27. The maximum absolute atomic E-state index is 13.0. The summed E-state index contributed by atoms with van der Waals surface area (Å²) in [5.41, 5.74) is 0.0231. The number of rotatable bonds is 9. The molecule has 10 heteroatoms. The fourth-order valence-electron chi connectivity index (χ4n) is 3.77. The zero-order valence-corrected chi connectivity index (χ0v) is 20.6. The molecule has 3 rings (SSSR count). The van der Waals surface area contributed by atoms with Gasteiger partial charge in [-0.1, -0.05) is 13.8 Å². The number of nitrogens with one attached hydrogen (secondary N) is 2. The van der Waals surface area contributed by atoms with E-state index in [0.29, 0.717) is 24.0 Å². The largest absolute Gasteiger partial charge is 0.497 e. The van der Waals surface area contributed by atoms with Crippen LogP contribution in [0.25, 0.3) is 0 Å². The van der Waals surface area contributed by atoms with Crippen LogP contribution in [0, 0.1) is 5.92 Å². The zero-order valence-electron chi connectivity index (χ0n) is 20.6. The molecule has 0 fully saturated rings. The number of ether oxygens (including phenoxy) is 2. The summed E-state index contributed by atoms with van der Waals surface area (Å²) in [6.07, 6.45) is 0.843. The molecule has 2 heterocycles. The van der Waals surface area contributed by atoms with Crippen molar-refractivity contribution in [1.29, 1.82) is 0 Å². The van der Waals surface area contributed by atoms with Crippen molar-refractivity contribution in [3.8, 4) is 11.5 Å². The molecule has 0 saturated heterocycles. The summed E-state index contributed by atoms with van der Waals surface area (Å²) in [6.45, 7) is 6.75. The summed E-state index contributed by atoms with van der Waals surface area (Å²) in [6, 6.07) is 6.77. The molecule has 184 valence electrons. The minimum atomic E-state index is -1.11. The van der Waals surface area contributed by atoms with Crippen LogP contribution in [0.1, 0.15) is 53.7 Å². The van der Waals surface area contributed by atoms with Crippen LogP contribution in [0.4, 0.5) is 0 Å². The first-order chi connectivity index (χ1) is 16.1. The third-order valence-electron chi connectivity index (χ3n) is 6.16. The Bertz CT molecular complexity index is 1080. The van der Waals surface area contributed by atoms with Crippen molar-refractivity contribution >= 4 is 17.7 Å². The van der Waals surface area contributed by atoms with Gasteiger partial charge in [-0.05, 0) is 31.4 Å². The van der Waals surface area contributed by atoms with Crippen LogP contribution in [0.2, 0.25) is 0 Å². The van der Waals surface area contributed by atoms with Gasteiger partial charge in [0, 0.05) is 37.8 Å². The Hall–Kier alpha value is -3.56. The van der Waals surface area contributed by atoms with E-state index < -0.39 is 11.4 Å². The second-order valence-electron chi connectivity index (χ2n) is 9.01. The van der Waals surface area contributed by atoms with Gasteiger partial charge in [-0.2, -0.15) is 5.10 Å². The summed E-state index contributed by atoms with van der Waals surface area (Å²) in [4.78, 5) is 40.1. The van der Waals surface area contributed by atoms with Crippen LogP contribution in [-0.2, 0) is 17.9 Å². The summed E-state index contributed by atoms with van der Waals surface area (Å²) < 4.78 is 12.0. The number of benzene rings is 1. The van der Waals surface area contributed by atoms with E-state index >= 15 is 0 Å². The molecule has 2 aromatic rings. The fraction of sp³-hybridized carbons (Fsp3) is 0.500. The van der Waals surface area contributed by atoms with E-state index in [0.717, 1.165) is 12.0 Å². The van der Waals surface area contributed by atoms with Crippen LogP contribution in [0.3, 0.4) is 0 Å².